The van der Waals surface area contributed by atoms with E-state index in [1.165, 1.54) is 0 Å². The molecule has 0 unspecified atom stereocenters. The molecule has 0 saturated carbocycles. The summed E-state index contributed by atoms with van der Waals surface area (Å²) in [5, 5.41) is 18.9. The standard InChI is InChI=1S/C18H14O5/c19-17(20)14(18(21)22)9-12-7-4-8-13-15(10-23-16(12)13)11-5-2-1-3-6-11/h1-8,10,14H,9H2,(H,19,20)(H,21,22). The van der Waals surface area contributed by atoms with E-state index in [-0.39, 0.29) is 6.42 Å². The summed E-state index contributed by atoms with van der Waals surface area (Å²) in [5.74, 6) is -4.21. The van der Waals surface area contributed by atoms with Gasteiger partial charge in [-0.05, 0) is 11.1 Å². The van der Waals surface area contributed by atoms with Crippen LogP contribution in [-0.4, -0.2) is 22.2 Å². The summed E-state index contributed by atoms with van der Waals surface area (Å²) in [4.78, 5) is 22.2. The predicted octanol–water partition coefficient (Wildman–Crippen LogP) is 3.43. The van der Waals surface area contributed by atoms with Gasteiger partial charge < -0.3 is 14.6 Å². The SMILES string of the molecule is O=C(O)C(Cc1cccc2c(-c3ccccc3)coc12)C(=O)O. The second-order valence-corrected chi connectivity index (χ2v) is 5.24. The molecule has 0 atom stereocenters. The third-order valence-electron chi connectivity index (χ3n) is 3.79. The van der Waals surface area contributed by atoms with E-state index in [1.807, 2.05) is 36.4 Å². The van der Waals surface area contributed by atoms with Gasteiger partial charge in [-0.3, -0.25) is 9.59 Å². The average Bonchev–Trinajstić information content (AvgIpc) is 2.97. The van der Waals surface area contributed by atoms with Crippen LogP contribution in [0.2, 0.25) is 0 Å². The zero-order chi connectivity index (χ0) is 16.4. The minimum absolute atomic E-state index is 0.121. The van der Waals surface area contributed by atoms with Gasteiger partial charge in [-0.25, -0.2) is 0 Å². The van der Waals surface area contributed by atoms with Crippen molar-refractivity contribution in [2.45, 2.75) is 6.42 Å². The van der Waals surface area contributed by atoms with E-state index in [2.05, 4.69) is 0 Å². The summed E-state index contributed by atoms with van der Waals surface area (Å²) in [6.45, 7) is 0. The molecule has 0 spiro atoms. The number of benzene rings is 2. The number of rotatable bonds is 5. The molecule has 0 radical (unpaired) electrons. The van der Waals surface area contributed by atoms with Gasteiger partial charge in [0.1, 0.15) is 5.58 Å². The summed E-state index contributed by atoms with van der Waals surface area (Å²) < 4.78 is 5.61. The highest BCUT2D eigenvalue weighted by Crippen LogP contribution is 2.33. The van der Waals surface area contributed by atoms with E-state index in [0.717, 1.165) is 16.5 Å². The van der Waals surface area contributed by atoms with Gasteiger partial charge >= 0.3 is 11.9 Å². The maximum atomic E-state index is 11.1. The van der Waals surface area contributed by atoms with Crippen LogP contribution in [0.25, 0.3) is 22.1 Å². The van der Waals surface area contributed by atoms with Crippen LogP contribution < -0.4 is 0 Å². The number of carboxylic acid groups (broad SMARTS) is 2. The Morgan fingerprint density at radius 3 is 2.30 bits per heavy atom. The van der Waals surface area contributed by atoms with Crippen molar-refractivity contribution < 1.29 is 24.2 Å². The largest absolute Gasteiger partial charge is 0.481 e. The van der Waals surface area contributed by atoms with Crippen molar-refractivity contribution in [3.63, 3.8) is 0 Å². The predicted molar refractivity (Wildman–Crippen MR) is 84.1 cm³/mol. The molecule has 0 aliphatic rings. The highest BCUT2D eigenvalue weighted by atomic mass is 16.4. The minimum atomic E-state index is -1.49. The second kappa shape index (κ2) is 5.96. The van der Waals surface area contributed by atoms with Crippen molar-refractivity contribution in [2.24, 2.45) is 5.92 Å². The second-order valence-electron chi connectivity index (χ2n) is 5.24. The molecule has 0 bridgehead atoms. The molecule has 23 heavy (non-hydrogen) atoms. The molecule has 2 aromatic carbocycles. The van der Waals surface area contributed by atoms with Gasteiger partial charge in [0, 0.05) is 17.4 Å². The van der Waals surface area contributed by atoms with Gasteiger partial charge in [0.05, 0.1) is 6.26 Å². The number of fused-ring (bicyclic) bond motifs is 1. The Bertz CT molecular complexity index is 850. The number of hydrogen-bond acceptors (Lipinski definition) is 3. The molecule has 1 heterocycles. The monoisotopic (exact) mass is 310 g/mol. The lowest BCUT2D eigenvalue weighted by Crippen LogP contribution is -2.25. The van der Waals surface area contributed by atoms with Crippen molar-refractivity contribution in [2.75, 3.05) is 0 Å². The molecule has 0 aliphatic carbocycles. The van der Waals surface area contributed by atoms with E-state index in [0.29, 0.717) is 11.1 Å². The number of furan rings is 1. The van der Waals surface area contributed by atoms with Crippen molar-refractivity contribution in [1.29, 1.82) is 0 Å². The summed E-state index contributed by atoms with van der Waals surface area (Å²) >= 11 is 0. The van der Waals surface area contributed by atoms with E-state index < -0.39 is 17.9 Å². The van der Waals surface area contributed by atoms with Crippen LogP contribution in [0.5, 0.6) is 0 Å². The number of hydrogen-bond donors (Lipinski definition) is 2. The van der Waals surface area contributed by atoms with E-state index in [9.17, 15) is 9.59 Å². The van der Waals surface area contributed by atoms with Crippen molar-refractivity contribution in [1.82, 2.24) is 0 Å². The molecule has 5 heteroatoms. The molecule has 1 aromatic heterocycles. The summed E-state index contributed by atoms with van der Waals surface area (Å²) in [7, 11) is 0. The Morgan fingerprint density at radius 1 is 0.957 bits per heavy atom. The van der Waals surface area contributed by atoms with Gasteiger partial charge in [-0.1, -0.05) is 48.5 Å². The topological polar surface area (TPSA) is 87.7 Å². The first-order valence-corrected chi connectivity index (χ1v) is 7.08. The summed E-state index contributed by atoms with van der Waals surface area (Å²) in [5.41, 5.74) is 2.97. The fourth-order valence-corrected chi connectivity index (χ4v) is 2.62. The van der Waals surface area contributed by atoms with Crippen molar-refractivity contribution in [3.8, 4) is 11.1 Å². The lowest BCUT2D eigenvalue weighted by atomic mass is 9.96. The maximum Gasteiger partial charge on any atom is 0.318 e. The first kappa shape index (κ1) is 14.8. The van der Waals surface area contributed by atoms with Crippen LogP contribution in [0, 0.1) is 5.92 Å². The van der Waals surface area contributed by atoms with Crippen molar-refractivity contribution >= 4 is 22.9 Å². The minimum Gasteiger partial charge on any atom is -0.481 e. The van der Waals surface area contributed by atoms with E-state index >= 15 is 0 Å². The zero-order valence-corrected chi connectivity index (χ0v) is 12.1. The molecule has 0 saturated heterocycles. The number of carbonyl (C=O) groups is 2. The lowest BCUT2D eigenvalue weighted by molar-refractivity contribution is -0.154. The summed E-state index contributed by atoms with van der Waals surface area (Å²) in [6, 6.07) is 15.0. The molecular weight excluding hydrogens is 296 g/mol. The van der Waals surface area contributed by atoms with Gasteiger partial charge in [0.25, 0.3) is 0 Å². The third-order valence-corrected chi connectivity index (χ3v) is 3.79. The Hall–Kier alpha value is -3.08. The van der Waals surface area contributed by atoms with Gasteiger partial charge in [-0.2, -0.15) is 0 Å². The fourth-order valence-electron chi connectivity index (χ4n) is 2.62. The number of aliphatic carboxylic acids is 2. The number of para-hydroxylation sites is 1. The van der Waals surface area contributed by atoms with Crippen LogP contribution in [0.15, 0.2) is 59.2 Å². The van der Waals surface area contributed by atoms with Crippen LogP contribution in [0.4, 0.5) is 0 Å². The molecule has 2 N–H and O–H groups in total. The molecule has 0 fully saturated rings. The zero-order valence-electron chi connectivity index (χ0n) is 12.1. The fraction of sp³-hybridized carbons (Fsp3) is 0.111. The Labute approximate surface area is 131 Å². The Kier molecular flexibility index (Phi) is 3.85. The maximum absolute atomic E-state index is 11.1. The molecular formula is C18H14O5. The van der Waals surface area contributed by atoms with Gasteiger partial charge in [0.2, 0.25) is 0 Å². The Balaban J connectivity index is 2.06. The Morgan fingerprint density at radius 2 is 1.65 bits per heavy atom. The van der Waals surface area contributed by atoms with Crippen LogP contribution in [0.3, 0.4) is 0 Å². The molecule has 116 valence electrons. The molecule has 0 amide bonds. The van der Waals surface area contributed by atoms with E-state index in [1.54, 1.807) is 18.4 Å². The summed E-state index contributed by atoms with van der Waals surface area (Å²) in [6.07, 6.45) is 1.49. The normalized spacial score (nSPS) is 11.0. The average molecular weight is 310 g/mol. The highest BCUT2D eigenvalue weighted by molar-refractivity contribution is 5.97. The number of carboxylic acids is 2. The molecule has 3 rings (SSSR count). The van der Waals surface area contributed by atoms with Crippen LogP contribution in [-0.2, 0) is 16.0 Å². The third kappa shape index (κ3) is 2.81. The van der Waals surface area contributed by atoms with E-state index in [4.69, 9.17) is 14.6 Å². The van der Waals surface area contributed by atoms with Crippen LogP contribution in [0.1, 0.15) is 5.56 Å². The quantitative estimate of drug-likeness (QED) is 0.705. The van der Waals surface area contributed by atoms with Crippen LogP contribution >= 0.6 is 0 Å². The highest BCUT2D eigenvalue weighted by Gasteiger charge is 2.27. The molecule has 3 aromatic rings. The first-order valence-electron chi connectivity index (χ1n) is 7.08. The lowest BCUT2D eigenvalue weighted by Gasteiger charge is -2.08. The first-order chi connectivity index (χ1) is 11.1. The van der Waals surface area contributed by atoms with Gasteiger partial charge in [0.15, 0.2) is 5.92 Å². The molecule has 0 aliphatic heterocycles. The van der Waals surface area contributed by atoms with Gasteiger partial charge in [-0.15, -0.1) is 0 Å². The molecule has 5 nitrogen and oxygen atoms in total. The van der Waals surface area contributed by atoms with Crippen molar-refractivity contribution in [3.05, 3.63) is 60.4 Å². The smallest absolute Gasteiger partial charge is 0.318 e.